The first-order valence-electron chi connectivity index (χ1n) is 12.9. The number of fused-ring (bicyclic) bond motifs is 1. The average Bonchev–Trinajstić information content (AvgIpc) is 3.39. The number of hydrogen-bond acceptors (Lipinski definition) is 8. The molecule has 0 aromatic carbocycles. The molecule has 9 nitrogen and oxygen atoms in total. The van der Waals surface area contributed by atoms with Crippen LogP contribution in [0.15, 0.2) is 29.3 Å². The SMILES string of the molecule is CC(=O)c1c(C)c2cnc(Nc3ccc(N4CCC(N(C)C)CC4)cn3)nc2n(C2CCCC2)c1=O. The van der Waals surface area contributed by atoms with Crippen molar-refractivity contribution in [1.82, 2.24) is 24.4 Å². The highest BCUT2D eigenvalue weighted by Crippen LogP contribution is 2.32. The number of piperidine rings is 1. The highest BCUT2D eigenvalue weighted by atomic mass is 16.1. The standard InChI is InChI=1S/C27H35N7O2/c1-17-22-16-29-27(31-25(22)34(20-7-5-6-8-20)26(36)24(17)18(2)35)30-23-10-9-21(15-28-23)33-13-11-19(12-14-33)32(3)4/h9-10,15-16,19-20H,5-8,11-14H2,1-4H3,(H,28,29,30,31). The fraction of sp³-hybridized carbons (Fsp3) is 0.519. The normalized spacial score (nSPS) is 17.3. The first-order chi connectivity index (χ1) is 17.3. The smallest absolute Gasteiger partial charge is 0.263 e. The molecule has 2 aliphatic rings. The highest BCUT2D eigenvalue weighted by molar-refractivity contribution is 5.99. The van der Waals surface area contributed by atoms with E-state index in [0.29, 0.717) is 29.0 Å². The maximum atomic E-state index is 13.4. The van der Waals surface area contributed by atoms with Crippen LogP contribution in [0, 0.1) is 6.92 Å². The highest BCUT2D eigenvalue weighted by Gasteiger charge is 2.26. The molecule has 0 spiro atoms. The van der Waals surface area contributed by atoms with Gasteiger partial charge in [0.05, 0.1) is 17.4 Å². The monoisotopic (exact) mass is 489 g/mol. The fourth-order valence-electron chi connectivity index (χ4n) is 5.71. The van der Waals surface area contributed by atoms with Gasteiger partial charge < -0.3 is 15.1 Å². The van der Waals surface area contributed by atoms with Gasteiger partial charge in [-0.1, -0.05) is 12.8 Å². The molecule has 1 saturated carbocycles. The number of pyridine rings is 2. The van der Waals surface area contributed by atoms with E-state index in [1.807, 2.05) is 12.3 Å². The number of carbonyl (C=O) groups excluding carboxylic acids is 1. The van der Waals surface area contributed by atoms with E-state index in [-0.39, 0.29) is 22.9 Å². The molecular formula is C27H35N7O2. The summed E-state index contributed by atoms with van der Waals surface area (Å²) >= 11 is 0. The zero-order chi connectivity index (χ0) is 25.4. The Morgan fingerprint density at radius 2 is 1.78 bits per heavy atom. The van der Waals surface area contributed by atoms with Crippen LogP contribution in [0.1, 0.15) is 67.4 Å². The molecule has 0 bridgehead atoms. The van der Waals surface area contributed by atoms with Crippen LogP contribution >= 0.6 is 0 Å². The molecule has 5 rings (SSSR count). The second-order valence-corrected chi connectivity index (χ2v) is 10.3. The van der Waals surface area contributed by atoms with E-state index >= 15 is 0 Å². The molecule has 0 atom stereocenters. The van der Waals surface area contributed by atoms with Crippen molar-refractivity contribution in [3.8, 4) is 0 Å². The van der Waals surface area contributed by atoms with Gasteiger partial charge in [-0.3, -0.25) is 14.2 Å². The number of hydrogen-bond donors (Lipinski definition) is 1. The van der Waals surface area contributed by atoms with Crippen molar-refractivity contribution in [1.29, 1.82) is 0 Å². The van der Waals surface area contributed by atoms with Gasteiger partial charge in [0, 0.05) is 36.8 Å². The number of aromatic nitrogens is 4. The van der Waals surface area contributed by atoms with Crippen molar-refractivity contribution in [2.24, 2.45) is 0 Å². The van der Waals surface area contributed by atoms with Crippen LogP contribution < -0.4 is 15.8 Å². The summed E-state index contributed by atoms with van der Waals surface area (Å²) in [6.07, 6.45) is 9.85. The van der Waals surface area contributed by atoms with E-state index in [1.54, 1.807) is 17.7 Å². The van der Waals surface area contributed by atoms with Gasteiger partial charge in [-0.05, 0) is 71.3 Å². The van der Waals surface area contributed by atoms with Gasteiger partial charge in [0.25, 0.3) is 5.56 Å². The van der Waals surface area contributed by atoms with Crippen molar-refractivity contribution < 1.29 is 4.79 Å². The van der Waals surface area contributed by atoms with Crippen molar-refractivity contribution in [2.45, 2.75) is 64.5 Å². The lowest BCUT2D eigenvalue weighted by molar-refractivity contribution is 0.101. The molecule has 190 valence electrons. The molecule has 0 amide bonds. The zero-order valence-electron chi connectivity index (χ0n) is 21.6. The number of nitrogens with zero attached hydrogens (tertiary/aromatic N) is 6. The quantitative estimate of drug-likeness (QED) is 0.518. The van der Waals surface area contributed by atoms with Crippen LogP contribution in [0.5, 0.6) is 0 Å². The number of rotatable bonds is 6. The molecule has 1 N–H and O–H groups in total. The van der Waals surface area contributed by atoms with Crippen LogP contribution in [0.25, 0.3) is 11.0 Å². The Labute approximate surface area is 211 Å². The number of nitrogens with one attached hydrogen (secondary N) is 1. The molecule has 1 aliphatic carbocycles. The molecule has 0 unspecified atom stereocenters. The summed E-state index contributed by atoms with van der Waals surface area (Å²) < 4.78 is 1.73. The first kappa shape index (κ1) is 24.4. The van der Waals surface area contributed by atoms with Gasteiger partial charge >= 0.3 is 0 Å². The summed E-state index contributed by atoms with van der Waals surface area (Å²) in [5.41, 5.74) is 2.32. The Hall–Kier alpha value is -3.33. The van der Waals surface area contributed by atoms with E-state index < -0.39 is 0 Å². The van der Waals surface area contributed by atoms with Gasteiger partial charge in [-0.25, -0.2) is 9.97 Å². The van der Waals surface area contributed by atoms with E-state index in [2.05, 4.69) is 45.2 Å². The predicted octanol–water partition coefficient (Wildman–Crippen LogP) is 4.09. The number of Topliss-reactive ketones (excluding diaryl/α,β-unsaturated/α-hetero) is 1. The van der Waals surface area contributed by atoms with E-state index in [1.165, 1.54) is 6.92 Å². The first-order valence-corrected chi connectivity index (χ1v) is 12.9. The number of anilines is 3. The second-order valence-electron chi connectivity index (χ2n) is 10.3. The predicted molar refractivity (Wildman–Crippen MR) is 142 cm³/mol. The molecule has 9 heteroatoms. The molecule has 2 fully saturated rings. The van der Waals surface area contributed by atoms with Gasteiger partial charge in [-0.2, -0.15) is 4.98 Å². The number of ketones is 1. The summed E-state index contributed by atoms with van der Waals surface area (Å²) in [7, 11) is 4.29. The fourth-order valence-corrected chi connectivity index (χ4v) is 5.71. The summed E-state index contributed by atoms with van der Waals surface area (Å²) in [6.45, 7) is 5.29. The Kier molecular flexibility index (Phi) is 6.75. The minimum atomic E-state index is -0.246. The average molecular weight is 490 g/mol. The van der Waals surface area contributed by atoms with E-state index in [9.17, 15) is 9.59 Å². The summed E-state index contributed by atoms with van der Waals surface area (Å²) in [4.78, 5) is 44.2. The lowest BCUT2D eigenvalue weighted by atomic mass is 10.0. The molecular weight excluding hydrogens is 454 g/mol. The summed E-state index contributed by atoms with van der Waals surface area (Å²) in [5.74, 6) is 0.812. The van der Waals surface area contributed by atoms with Crippen LogP contribution in [-0.4, -0.2) is 63.4 Å². The molecule has 1 aliphatic heterocycles. The Balaban J connectivity index is 1.42. The Morgan fingerprint density at radius 3 is 2.39 bits per heavy atom. The lowest BCUT2D eigenvalue weighted by Gasteiger charge is -2.36. The van der Waals surface area contributed by atoms with E-state index in [0.717, 1.165) is 62.7 Å². The zero-order valence-corrected chi connectivity index (χ0v) is 21.6. The third-order valence-electron chi connectivity index (χ3n) is 7.80. The van der Waals surface area contributed by atoms with Crippen LogP contribution in [0.4, 0.5) is 17.5 Å². The van der Waals surface area contributed by atoms with Gasteiger partial charge in [0.2, 0.25) is 5.95 Å². The largest absolute Gasteiger partial charge is 0.370 e. The van der Waals surface area contributed by atoms with Crippen molar-refractivity contribution in [2.75, 3.05) is 37.4 Å². The molecule has 4 heterocycles. The maximum Gasteiger partial charge on any atom is 0.263 e. The van der Waals surface area contributed by atoms with Crippen molar-refractivity contribution >= 4 is 34.3 Å². The minimum absolute atomic E-state index is 0.0514. The Morgan fingerprint density at radius 1 is 1.06 bits per heavy atom. The van der Waals surface area contributed by atoms with Crippen molar-refractivity contribution in [3.63, 3.8) is 0 Å². The Bertz CT molecular complexity index is 1320. The molecule has 3 aromatic rings. The van der Waals surface area contributed by atoms with E-state index in [4.69, 9.17) is 4.98 Å². The van der Waals surface area contributed by atoms with Gasteiger partial charge in [-0.15, -0.1) is 0 Å². The van der Waals surface area contributed by atoms with Crippen LogP contribution in [-0.2, 0) is 0 Å². The minimum Gasteiger partial charge on any atom is -0.370 e. The topological polar surface area (TPSA) is 96.2 Å². The molecule has 3 aromatic heterocycles. The van der Waals surface area contributed by atoms with Crippen LogP contribution in [0.3, 0.4) is 0 Å². The second kappa shape index (κ2) is 9.97. The summed E-state index contributed by atoms with van der Waals surface area (Å²) in [6, 6.07) is 4.70. The summed E-state index contributed by atoms with van der Waals surface area (Å²) in [5, 5.41) is 3.94. The van der Waals surface area contributed by atoms with Crippen LogP contribution in [0.2, 0.25) is 0 Å². The maximum absolute atomic E-state index is 13.4. The van der Waals surface area contributed by atoms with Gasteiger partial charge in [0.15, 0.2) is 5.78 Å². The third-order valence-corrected chi connectivity index (χ3v) is 7.80. The lowest BCUT2D eigenvalue weighted by Crippen LogP contribution is -2.42. The van der Waals surface area contributed by atoms with Crippen molar-refractivity contribution in [3.05, 3.63) is 46.0 Å². The number of aryl methyl sites for hydroxylation is 1. The molecule has 36 heavy (non-hydrogen) atoms. The molecule has 1 saturated heterocycles. The number of carbonyl (C=O) groups is 1. The van der Waals surface area contributed by atoms with Gasteiger partial charge in [0.1, 0.15) is 11.5 Å². The molecule has 0 radical (unpaired) electrons. The third kappa shape index (κ3) is 4.59.